The molecule has 0 rings (SSSR count). The molecule has 0 radical (unpaired) electrons. The number of hydrogen-bond donors (Lipinski definition) is 1. The predicted molar refractivity (Wildman–Crippen MR) is 215 cm³/mol. The quantitative estimate of drug-likeness (QED) is 0.0217. The number of phosphoric ester groups is 1. The van der Waals surface area contributed by atoms with E-state index in [1.54, 1.807) is 0 Å². The van der Waals surface area contributed by atoms with Crippen LogP contribution in [-0.4, -0.2) is 74.9 Å². The summed E-state index contributed by atoms with van der Waals surface area (Å²) in [6.45, 7) is 4.35. The predicted octanol–water partition coefficient (Wildman–Crippen LogP) is 11.8. The van der Waals surface area contributed by atoms with E-state index in [-0.39, 0.29) is 25.6 Å². The zero-order chi connectivity index (χ0) is 38.6. The molecule has 0 saturated heterocycles. The Kier molecular flexibility index (Phi) is 34.6. The second kappa shape index (κ2) is 35.5. The summed E-state index contributed by atoms with van der Waals surface area (Å²) in [5, 5.41) is 0. The Bertz CT molecular complexity index is 907. The summed E-state index contributed by atoms with van der Waals surface area (Å²) in [6, 6.07) is 0. The first-order valence-electron chi connectivity index (χ1n) is 21.4. The molecule has 0 spiro atoms. The van der Waals surface area contributed by atoms with Crippen LogP contribution in [0.5, 0.6) is 0 Å². The van der Waals surface area contributed by atoms with Gasteiger partial charge < -0.3 is 18.9 Å². The van der Waals surface area contributed by atoms with E-state index < -0.39 is 26.5 Å². The molecule has 0 heterocycles. The van der Waals surface area contributed by atoms with Gasteiger partial charge in [0, 0.05) is 12.8 Å². The Labute approximate surface area is 320 Å². The molecule has 0 aliphatic rings. The summed E-state index contributed by atoms with van der Waals surface area (Å²) in [4.78, 5) is 35.3. The SMILES string of the molecule is CC/C=C\CCCCCCCCCCCCCC(=O)O[C@H](COC(=O)CCCCCCCCCCCCCCC)COP(=O)(O)OCC[N+](C)(C)C. The number of nitrogens with zero attached hydrogens (tertiary/aromatic N) is 1. The van der Waals surface area contributed by atoms with Gasteiger partial charge in [-0.05, 0) is 32.1 Å². The van der Waals surface area contributed by atoms with Crippen molar-refractivity contribution < 1.29 is 42.1 Å². The largest absolute Gasteiger partial charge is 0.472 e. The molecule has 2 atom stereocenters. The molecule has 52 heavy (non-hydrogen) atoms. The first kappa shape index (κ1) is 50.8. The molecular formula is C42H83NO8P+. The Morgan fingerprint density at radius 3 is 1.50 bits per heavy atom. The van der Waals surface area contributed by atoms with Crippen LogP contribution < -0.4 is 0 Å². The summed E-state index contributed by atoms with van der Waals surface area (Å²) in [7, 11) is 1.48. The minimum atomic E-state index is -4.37. The Morgan fingerprint density at radius 1 is 0.596 bits per heavy atom. The highest BCUT2D eigenvalue weighted by molar-refractivity contribution is 7.47. The molecule has 0 aliphatic heterocycles. The number of phosphoric acid groups is 1. The highest BCUT2D eigenvalue weighted by Gasteiger charge is 2.27. The second-order valence-corrected chi connectivity index (χ2v) is 17.2. The maximum absolute atomic E-state index is 12.7. The highest BCUT2D eigenvalue weighted by atomic mass is 31.2. The van der Waals surface area contributed by atoms with Gasteiger partial charge in [0.15, 0.2) is 6.10 Å². The summed E-state index contributed by atoms with van der Waals surface area (Å²) < 4.78 is 34.3. The molecule has 0 bridgehead atoms. The first-order valence-corrected chi connectivity index (χ1v) is 22.9. The van der Waals surface area contributed by atoms with Crippen molar-refractivity contribution in [3.8, 4) is 0 Å². The number of rotatable bonds is 39. The summed E-state index contributed by atoms with van der Waals surface area (Å²) in [6.07, 6.45) is 35.4. The maximum Gasteiger partial charge on any atom is 0.472 e. The van der Waals surface area contributed by atoms with Crippen molar-refractivity contribution in [2.75, 3.05) is 47.5 Å². The molecule has 1 N–H and O–H groups in total. The van der Waals surface area contributed by atoms with Crippen LogP contribution >= 0.6 is 7.82 Å². The van der Waals surface area contributed by atoms with E-state index in [4.69, 9.17) is 18.5 Å². The third kappa shape index (κ3) is 38.5. The molecule has 0 aromatic rings. The van der Waals surface area contributed by atoms with Crippen molar-refractivity contribution in [1.29, 1.82) is 0 Å². The second-order valence-electron chi connectivity index (χ2n) is 15.7. The highest BCUT2D eigenvalue weighted by Crippen LogP contribution is 2.43. The van der Waals surface area contributed by atoms with Crippen LogP contribution in [0.3, 0.4) is 0 Å². The number of unbranched alkanes of at least 4 members (excludes halogenated alkanes) is 23. The monoisotopic (exact) mass is 761 g/mol. The van der Waals surface area contributed by atoms with Crippen molar-refractivity contribution in [3.63, 3.8) is 0 Å². The molecule has 10 heteroatoms. The number of esters is 2. The number of hydrogen-bond acceptors (Lipinski definition) is 7. The van der Waals surface area contributed by atoms with Crippen molar-refractivity contribution in [1.82, 2.24) is 0 Å². The zero-order valence-corrected chi connectivity index (χ0v) is 35.5. The van der Waals surface area contributed by atoms with Gasteiger partial charge in [0.2, 0.25) is 0 Å². The third-order valence-electron chi connectivity index (χ3n) is 9.31. The van der Waals surface area contributed by atoms with E-state index in [1.165, 1.54) is 122 Å². The number of carbonyl (C=O) groups excluding carboxylic acids is 2. The Hall–Kier alpha value is -1.25. The summed E-state index contributed by atoms with van der Waals surface area (Å²) in [5.41, 5.74) is 0. The normalized spacial score (nSPS) is 13.7. The lowest BCUT2D eigenvalue weighted by molar-refractivity contribution is -0.870. The van der Waals surface area contributed by atoms with Crippen molar-refractivity contribution in [3.05, 3.63) is 12.2 Å². The van der Waals surface area contributed by atoms with Gasteiger partial charge >= 0.3 is 19.8 Å². The molecule has 0 aromatic carbocycles. The molecule has 0 amide bonds. The number of quaternary nitrogens is 1. The number of allylic oxidation sites excluding steroid dienone is 2. The zero-order valence-electron chi connectivity index (χ0n) is 34.6. The van der Waals surface area contributed by atoms with Gasteiger partial charge in [-0.2, -0.15) is 0 Å². The van der Waals surface area contributed by atoms with Crippen LogP contribution in [0, 0.1) is 0 Å². The van der Waals surface area contributed by atoms with E-state index in [1.807, 2.05) is 21.1 Å². The van der Waals surface area contributed by atoms with Gasteiger partial charge in [-0.1, -0.05) is 161 Å². The van der Waals surface area contributed by atoms with Crippen molar-refractivity contribution in [2.24, 2.45) is 0 Å². The summed E-state index contributed by atoms with van der Waals surface area (Å²) in [5.74, 6) is -0.791. The van der Waals surface area contributed by atoms with Crippen molar-refractivity contribution >= 4 is 19.8 Å². The number of ether oxygens (including phenoxy) is 2. The van der Waals surface area contributed by atoms with Gasteiger partial charge in [-0.3, -0.25) is 18.6 Å². The van der Waals surface area contributed by atoms with Gasteiger partial charge in [0.05, 0.1) is 27.7 Å². The number of likely N-dealkylation sites (N-methyl/N-ethyl adjacent to an activating group) is 1. The maximum atomic E-state index is 12.7. The topological polar surface area (TPSA) is 108 Å². The lowest BCUT2D eigenvalue weighted by Gasteiger charge is -2.24. The van der Waals surface area contributed by atoms with Crippen LogP contribution in [0.15, 0.2) is 12.2 Å². The number of carbonyl (C=O) groups is 2. The minimum absolute atomic E-state index is 0.0348. The van der Waals surface area contributed by atoms with Crippen LogP contribution in [0.4, 0.5) is 0 Å². The van der Waals surface area contributed by atoms with Crippen LogP contribution in [0.1, 0.15) is 194 Å². The van der Waals surface area contributed by atoms with E-state index in [9.17, 15) is 19.0 Å². The van der Waals surface area contributed by atoms with Crippen LogP contribution in [0.2, 0.25) is 0 Å². The molecule has 0 fully saturated rings. The molecule has 0 aromatic heterocycles. The smallest absolute Gasteiger partial charge is 0.462 e. The van der Waals surface area contributed by atoms with Crippen LogP contribution in [-0.2, 0) is 32.7 Å². The van der Waals surface area contributed by atoms with E-state index in [0.717, 1.165) is 38.5 Å². The van der Waals surface area contributed by atoms with Gasteiger partial charge in [-0.15, -0.1) is 0 Å². The summed E-state index contributed by atoms with van der Waals surface area (Å²) >= 11 is 0. The third-order valence-corrected chi connectivity index (χ3v) is 10.3. The molecule has 9 nitrogen and oxygen atoms in total. The first-order chi connectivity index (χ1) is 25.0. The minimum Gasteiger partial charge on any atom is -0.462 e. The van der Waals surface area contributed by atoms with Crippen LogP contribution in [0.25, 0.3) is 0 Å². The van der Waals surface area contributed by atoms with Gasteiger partial charge in [-0.25, -0.2) is 4.57 Å². The van der Waals surface area contributed by atoms with Crippen molar-refractivity contribution in [2.45, 2.75) is 200 Å². The Morgan fingerprint density at radius 2 is 1.04 bits per heavy atom. The molecule has 308 valence electrons. The Balaban J connectivity index is 4.34. The lowest BCUT2D eigenvalue weighted by atomic mass is 10.0. The fourth-order valence-electron chi connectivity index (χ4n) is 5.96. The van der Waals surface area contributed by atoms with Gasteiger partial charge in [0.1, 0.15) is 19.8 Å². The molecular weight excluding hydrogens is 677 g/mol. The van der Waals surface area contributed by atoms with E-state index in [0.29, 0.717) is 23.9 Å². The average molecular weight is 761 g/mol. The fourth-order valence-corrected chi connectivity index (χ4v) is 6.70. The van der Waals surface area contributed by atoms with E-state index >= 15 is 0 Å². The van der Waals surface area contributed by atoms with E-state index in [2.05, 4.69) is 26.0 Å². The average Bonchev–Trinajstić information content (AvgIpc) is 3.09. The fraction of sp³-hybridized carbons (Fsp3) is 0.905. The standard InChI is InChI=1S/C42H82NO8P/c1-6-8-10-12-14-16-18-20-21-23-25-27-29-31-33-35-42(45)51-40(39-50-52(46,47)49-37-36-43(3,4)5)38-48-41(44)34-32-30-28-26-24-22-19-17-15-13-11-9-7-2/h8,10,40H,6-7,9,11-39H2,1-5H3/p+1/b10-8-/t40-/m1/s1. The van der Waals surface area contributed by atoms with Gasteiger partial charge in [0.25, 0.3) is 0 Å². The molecule has 1 unspecified atom stereocenters. The molecule has 0 saturated carbocycles. The molecule has 0 aliphatic carbocycles. The lowest BCUT2D eigenvalue weighted by Crippen LogP contribution is -2.37.